The number of aromatic nitrogens is 4. The standard InChI is InChI=1S/C22H22N6O2S/c1-3-31(29,30)27-12-22(13-27,7-8-23)28-11-18(16-5-4-15(2)10-19(16)28)20-17-6-9-24-21(17)26-14-25-20/h4-6,9-11,14H,3,7,12-13H2,1-2H3,(H,24,25,26). The lowest BCUT2D eigenvalue weighted by atomic mass is 9.88. The van der Waals surface area contributed by atoms with Gasteiger partial charge in [0, 0.05) is 47.3 Å². The SMILES string of the molecule is CCS(=O)(=O)N1CC(CC#N)(n2cc(-c3ncnc4[nH]ccc34)c3ccc(C)cc32)C1. The molecule has 0 aliphatic carbocycles. The molecule has 9 heteroatoms. The molecule has 3 aromatic heterocycles. The van der Waals surface area contributed by atoms with Gasteiger partial charge in [-0.3, -0.25) is 0 Å². The van der Waals surface area contributed by atoms with E-state index in [1.807, 2.05) is 25.4 Å². The number of benzene rings is 1. The molecule has 1 saturated heterocycles. The van der Waals surface area contributed by atoms with Crippen molar-refractivity contribution in [2.45, 2.75) is 25.8 Å². The Balaban J connectivity index is 1.72. The molecule has 4 heterocycles. The van der Waals surface area contributed by atoms with Crippen LogP contribution in [0.5, 0.6) is 0 Å². The summed E-state index contributed by atoms with van der Waals surface area (Å²) in [4.78, 5) is 12.0. The summed E-state index contributed by atoms with van der Waals surface area (Å²) in [6.07, 6.45) is 5.62. The molecule has 8 nitrogen and oxygen atoms in total. The van der Waals surface area contributed by atoms with Gasteiger partial charge in [-0.15, -0.1) is 0 Å². The van der Waals surface area contributed by atoms with Gasteiger partial charge in [0.15, 0.2) is 0 Å². The lowest BCUT2D eigenvalue weighted by molar-refractivity contribution is 0.0893. The molecular formula is C22H22N6O2S. The molecule has 4 aromatic rings. The van der Waals surface area contributed by atoms with Crippen molar-refractivity contribution in [2.75, 3.05) is 18.8 Å². The highest BCUT2D eigenvalue weighted by molar-refractivity contribution is 7.89. The van der Waals surface area contributed by atoms with E-state index in [-0.39, 0.29) is 25.3 Å². The molecule has 0 radical (unpaired) electrons. The van der Waals surface area contributed by atoms with E-state index in [9.17, 15) is 13.7 Å². The molecule has 1 aliphatic heterocycles. The van der Waals surface area contributed by atoms with Crippen LogP contribution in [0.15, 0.2) is 43.0 Å². The number of nitrogens with one attached hydrogen (secondary N) is 1. The lowest BCUT2D eigenvalue weighted by Crippen LogP contribution is -2.64. The highest BCUT2D eigenvalue weighted by Crippen LogP contribution is 2.41. The first-order chi connectivity index (χ1) is 14.9. The second-order valence-corrected chi connectivity index (χ2v) is 10.4. The summed E-state index contributed by atoms with van der Waals surface area (Å²) in [6.45, 7) is 4.24. The quantitative estimate of drug-likeness (QED) is 0.519. The fraction of sp³-hybridized carbons (Fsp3) is 0.318. The third-order valence-corrected chi connectivity index (χ3v) is 7.96. The first kappa shape index (κ1) is 19.7. The number of H-pyrrole nitrogens is 1. The number of hydrogen-bond acceptors (Lipinski definition) is 5. The van der Waals surface area contributed by atoms with E-state index in [1.54, 1.807) is 6.92 Å². The molecule has 0 saturated carbocycles. The molecule has 1 N–H and O–H groups in total. The van der Waals surface area contributed by atoms with Gasteiger partial charge < -0.3 is 9.55 Å². The van der Waals surface area contributed by atoms with Crippen LogP contribution >= 0.6 is 0 Å². The van der Waals surface area contributed by atoms with Crippen LogP contribution in [0, 0.1) is 18.3 Å². The van der Waals surface area contributed by atoms with Gasteiger partial charge in [0.05, 0.1) is 29.5 Å². The van der Waals surface area contributed by atoms with Crippen molar-refractivity contribution >= 4 is 32.0 Å². The first-order valence-corrected chi connectivity index (χ1v) is 11.7. The normalized spacial score (nSPS) is 16.4. The third kappa shape index (κ3) is 2.94. The summed E-state index contributed by atoms with van der Waals surface area (Å²) in [5.74, 6) is 0.0544. The minimum Gasteiger partial charge on any atom is -0.346 e. The van der Waals surface area contributed by atoms with Crippen molar-refractivity contribution in [1.82, 2.24) is 23.8 Å². The summed E-state index contributed by atoms with van der Waals surface area (Å²) in [5.41, 5.74) is 3.97. The van der Waals surface area contributed by atoms with Crippen LogP contribution < -0.4 is 0 Å². The second kappa shape index (κ2) is 6.90. The maximum absolute atomic E-state index is 12.4. The number of nitriles is 1. The zero-order valence-electron chi connectivity index (χ0n) is 17.3. The van der Waals surface area contributed by atoms with Crippen molar-refractivity contribution in [2.24, 2.45) is 0 Å². The minimum absolute atomic E-state index is 0.0544. The number of sulfonamides is 1. The molecule has 5 rings (SSSR count). The Labute approximate surface area is 180 Å². The van der Waals surface area contributed by atoms with E-state index in [0.29, 0.717) is 0 Å². The molecule has 0 amide bonds. The maximum atomic E-state index is 12.4. The Morgan fingerprint density at radius 3 is 2.77 bits per heavy atom. The van der Waals surface area contributed by atoms with Gasteiger partial charge in [-0.2, -0.15) is 9.57 Å². The molecule has 31 heavy (non-hydrogen) atoms. The molecule has 158 valence electrons. The Hall–Kier alpha value is -3.22. The second-order valence-electron chi connectivity index (χ2n) is 8.12. The first-order valence-electron chi connectivity index (χ1n) is 10.1. The van der Waals surface area contributed by atoms with Crippen LogP contribution in [0.25, 0.3) is 33.2 Å². The maximum Gasteiger partial charge on any atom is 0.213 e. The summed E-state index contributed by atoms with van der Waals surface area (Å²) in [7, 11) is -3.30. The van der Waals surface area contributed by atoms with Crippen LogP contribution in [0.4, 0.5) is 0 Å². The number of hydrogen-bond donors (Lipinski definition) is 1. The molecule has 1 fully saturated rings. The van der Waals surface area contributed by atoms with Gasteiger partial charge in [0.1, 0.15) is 12.0 Å². The van der Waals surface area contributed by atoms with Crippen molar-refractivity contribution in [1.29, 1.82) is 5.26 Å². The fourth-order valence-corrected chi connectivity index (χ4v) is 5.73. The highest BCUT2D eigenvalue weighted by Gasteiger charge is 2.49. The van der Waals surface area contributed by atoms with E-state index in [1.165, 1.54) is 10.6 Å². The predicted molar refractivity (Wildman–Crippen MR) is 119 cm³/mol. The van der Waals surface area contributed by atoms with E-state index >= 15 is 0 Å². The smallest absolute Gasteiger partial charge is 0.213 e. The molecule has 1 aromatic carbocycles. The molecule has 0 unspecified atom stereocenters. The monoisotopic (exact) mass is 434 g/mol. The average molecular weight is 435 g/mol. The van der Waals surface area contributed by atoms with E-state index in [4.69, 9.17) is 0 Å². The Kier molecular flexibility index (Phi) is 4.39. The van der Waals surface area contributed by atoms with Crippen LogP contribution in [0.3, 0.4) is 0 Å². The Morgan fingerprint density at radius 1 is 1.23 bits per heavy atom. The number of rotatable bonds is 5. The summed E-state index contributed by atoms with van der Waals surface area (Å²) in [5, 5.41) is 11.5. The Morgan fingerprint density at radius 2 is 2.03 bits per heavy atom. The number of nitrogens with zero attached hydrogens (tertiary/aromatic N) is 5. The van der Waals surface area contributed by atoms with E-state index < -0.39 is 15.6 Å². The predicted octanol–water partition coefficient (Wildman–Crippen LogP) is 3.16. The van der Waals surface area contributed by atoms with Crippen molar-refractivity contribution < 1.29 is 8.42 Å². The molecule has 0 spiro atoms. The lowest BCUT2D eigenvalue weighted by Gasteiger charge is -2.49. The van der Waals surface area contributed by atoms with Gasteiger partial charge >= 0.3 is 0 Å². The molecule has 0 atom stereocenters. The fourth-order valence-electron chi connectivity index (χ4n) is 4.49. The van der Waals surface area contributed by atoms with Gasteiger partial charge in [-0.25, -0.2) is 18.4 Å². The van der Waals surface area contributed by atoms with Gasteiger partial charge in [-0.05, 0) is 31.5 Å². The molecule has 1 aliphatic rings. The van der Waals surface area contributed by atoms with Crippen LogP contribution in [0.2, 0.25) is 0 Å². The van der Waals surface area contributed by atoms with Crippen molar-refractivity contribution in [3.8, 4) is 17.3 Å². The van der Waals surface area contributed by atoms with Crippen LogP contribution in [-0.2, 0) is 15.6 Å². The Bertz CT molecular complexity index is 1450. The summed E-state index contributed by atoms with van der Waals surface area (Å²) >= 11 is 0. The van der Waals surface area contributed by atoms with E-state index in [2.05, 4.69) is 43.8 Å². The zero-order valence-corrected chi connectivity index (χ0v) is 18.1. The van der Waals surface area contributed by atoms with Gasteiger partial charge in [0.2, 0.25) is 10.0 Å². The van der Waals surface area contributed by atoms with E-state index in [0.717, 1.165) is 38.8 Å². The van der Waals surface area contributed by atoms with Crippen molar-refractivity contribution in [3.05, 3.63) is 48.5 Å². The highest BCUT2D eigenvalue weighted by atomic mass is 32.2. The van der Waals surface area contributed by atoms with Gasteiger partial charge in [-0.1, -0.05) is 12.1 Å². The van der Waals surface area contributed by atoms with Crippen LogP contribution in [0.1, 0.15) is 18.9 Å². The molecule has 0 bridgehead atoms. The topological polar surface area (TPSA) is 108 Å². The summed E-state index contributed by atoms with van der Waals surface area (Å²) < 4.78 is 28.3. The zero-order chi connectivity index (χ0) is 21.8. The van der Waals surface area contributed by atoms with Crippen molar-refractivity contribution in [3.63, 3.8) is 0 Å². The number of aromatic amines is 1. The third-order valence-electron chi connectivity index (χ3n) is 6.19. The largest absolute Gasteiger partial charge is 0.346 e. The average Bonchev–Trinajstić information content (AvgIpc) is 3.35. The van der Waals surface area contributed by atoms with Crippen LogP contribution in [-0.4, -0.2) is 51.1 Å². The number of fused-ring (bicyclic) bond motifs is 2. The summed E-state index contributed by atoms with van der Waals surface area (Å²) in [6, 6.07) is 10.4. The number of aryl methyl sites for hydroxylation is 1. The molecular weight excluding hydrogens is 412 g/mol. The minimum atomic E-state index is -3.30. The van der Waals surface area contributed by atoms with Gasteiger partial charge in [0.25, 0.3) is 0 Å².